The maximum atomic E-state index is 12.2. The van der Waals surface area contributed by atoms with E-state index in [2.05, 4.69) is 17.0 Å². The second kappa shape index (κ2) is 8.46. The van der Waals surface area contributed by atoms with Gasteiger partial charge in [-0.05, 0) is 57.0 Å². The average molecular weight is 317 g/mol. The van der Waals surface area contributed by atoms with Crippen molar-refractivity contribution in [2.75, 3.05) is 32.7 Å². The lowest BCUT2D eigenvalue weighted by Gasteiger charge is -2.31. The van der Waals surface area contributed by atoms with E-state index < -0.39 is 10.2 Å². The Kier molecular flexibility index (Phi) is 6.92. The second-order valence-electron chi connectivity index (χ2n) is 6.53. The Morgan fingerprint density at radius 1 is 1.05 bits per heavy atom. The molecule has 2 fully saturated rings. The largest absolute Gasteiger partial charge is 0.316 e. The summed E-state index contributed by atoms with van der Waals surface area (Å²) in [5.41, 5.74) is 0. The van der Waals surface area contributed by atoms with Crippen LogP contribution in [0.1, 0.15) is 51.9 Å². The van der Waals surface area contributed by atoms with Crippen LogP contribution in [0.5, 0.6) is 0 Å². The van der Waals surface area contributed by atoms with Crippen LogP contribution >= 0.6 is 0 Å². The average Bonchev–Trinajstić information content (AvgIpc) is 3.29. The third kappa shape index (κ3) is 6.22. The summed E-state index contributed by atoms with van der Waals surface area (Å²) in [6.07, 6.45) is 7.92. The summed E-state index contributed by atoms with van der Waals surface area (Å²) >= 11 is 0. The van der Waals surface area contributed by atoms with Crippen molar-refractivity contribution in [3.05, 3.63) is 0 Å². The maximum Gasteiger partial charge on any atom is 0.279 e. The van der Waals surface area contributed by atoms with Crippen molar-refractivity contribution < 1.29 is 8.42 Å². The minimum atomic E-state index is -3.25. The van der Waals surface area contributed by atoms with E-state index in [-0.39, 0.29) is 0 Å². The van der Waals surface area contributed by atoms with Gasteiger partial charge < -0.3 is 5.32 Å². The van der Waals surface area contributed by atoms with Gasteiger partial charge >= 0.3 is 0 Å². The van der Waals surface area contributed by atoms with Gasteiger partial charge in [0.25, 0.3) is 10.2 Å². The normalized spacial score (nSPS) is 21.8. The van der Waals surface area contributed by atoms with Crippen LogP contribution in [0.15, 0.2) is 0 Å². The Bertz CT molecular complexity index is 388. The molecule has 0 atom stereocenters. The minimum absolute atomic E-state index is 0.594. The van der Waals surface area contributed by atoms with Gasteiger partial charge in [0.1, 0.15) is 0 Å². The maximum absolute atomic E-state index is 12.2. The highest BCUT2D eigenvalue weighted by Crippen LogP contribution is 2.33. The summed E-state index contributed by atoms with van der Waals surface area (Å²) in [6, 6.07) is 0. The van der Waals surface area contributed by atoms with Crippen molar-refractivity contribution in [2.45, 2.75) is 51.9 Å². The van der Waals surface area contributed by atoms with Crippen molar-refractivity contribution in [1.82, 2.24) is 14.3 Å². The van der Waals surface area contributed by atoms with Gasteiger partial charge in [0, 0.05) is 19.6 Å². The Morgan fingerprint density at radius 3 is 2.38 bits per heavy atom. The van der Waals surface area contributed by atoms with E-state index >= 15 is 0 Å². The number of piperidine rings is 1. The molecule has 5 nitrogen and oxygen atoms in total. The quantitative estimate of drug-likeness (QED) is 0.603. The molecule has 0 radical (unpaired) electrons. The first-order valence-electron chi connectivity index (χ1n) is 8.57. The van der Waals surface area contributed by atoms with Crippen LogP contribution in [-0.2, 0) is 10.2 Å². The molecule has 1 aliphatic carbocycles. The molecule has 1 heterocycles. The molecule has 2 N–H and O–H groups in total. The number of rotatable bonds is 10. The fourth-order valence-corrected chi connectivity index (χ4v) is 4.20. The van der Waals surface area contributed by atoms with Gasteiger partial charge in [0.15, 0.2) is 0 Å². The highest BCUT2D eigenvalue weighted by atomic mass is 32.2. The van der Waals surface area contributed by atoms with Crippen LogP contribution in [0, 0.1) is 11.8 Å². The van der Waals surface area contributed by atoms with Crippen LogP contribution in [-0.4, -0.2) is 45.4 Å². The lowest BCUT2D eigenvalue weighted by molar-refractivity contribution is 0.265. The predicted octanol–water partition coefficient (Wildman–Crippen LogP) is 1.72. The van der Waals surface area contributed by atoms with Gasteiger partial charge in [-0.2, -0.15) is 12.7 Å². The van der Waals surface area contributed by atoms with Crippen molar-refractivity contribution >= 4 is 10.2 Å². The molecule has 0 bridgehead atoms. The van der Waals surface area contributed by atoms with Crippen molar-refractivity contribution in [1.29, 1.82) is 0 Å². The molecule has 1 saturated heterocycles. The topological polar surface area (TPSA) is 61.4 Å². The fraction of sp³-hybridized carbons (Fsp3) is 1.00. The SMILES string of the molecule is CCCNCC1CCN(S(=O)(=O)NCCCC2CC2)CC1. The zero-order chi connectivity index (χ0) is 15.1. The molecule has 21 heavy (non-hydrogen) atoms. The summed E-state index contributed by atoms with van der Waals surface area (Å²) in [5.74, 6) is 1.50. The third-order valence-electron chi connectivity index (χ3n) is 4.54. The molecule has 124 valence electrons. The zero-order valence-electron chi connectivity index (χ0n) is 13.3. The first-order valence-corrected chi connectivity index (χ1v) is 10.0. The Morgan fingerprint density at radius 2 is 1.76 bits per heavy atom. The zero-order valence-corrected chi connectivity index (χ0v) is 14.1. The standard InChI is InChI=1S/C15H31N3O2S/c1-2-9-16-13-15-7-11-18(12-8-15)21(19,20)17-10-3-4-14-5-6-14/h14-17H,2-13H2,1H3. The van der Waals surface area contributed by atoms with Gasteiger partial charge in [-0.3, -0.25) is 0 Å². The molecule has 0 amide bonds. The van der Waals surface area contributed by atoms with Crippen molar-refractivity contribution in [3.8, 4) is 0 Å². The van der Waals surface area contributed by atoms with Crippen LogP contribution < -0.4 is 10.0 Å². The van der Waals surface area contributed by atoms with E-state index in [1.54, 1.807) is 4.31 Å². The van der Waals surface area contributed by atoms with E-state index in [1.807, 2.05) is 0 Å². The summed E-state index contributed by atoms with van der Waals surface area (Å²) in [4.78, 5) is 0. The van der Waals surface area contributed by atoms with Crippen LogP contribution in [0.4, 0.5) is 0 Å². The van der Waals surface area contributed by atoms with Crippen molar-refractivity contribution in [3.63, 3.8) is 0 Å². The van der Waals surface area contributed by atoms with E-state index in [1.165, 1.54) is 19.3 Å². The molecule has 1 saturated carbocycles. The van der Waals surface area contributed by atoms with Crippen LogP contribution in [0.2, 0.25) is 0 Å². The van der Waals surface area contributed by atoms with Gasteiger partial charge in [-0.25, -0.2) is 4.72 Å². The summed E-state index contributed by atoms with van der Waals surface area (Å²) in [6.45, 7) is 6.17. The molecule has 0 spiro atoms. The highest BCUT2D eigenvalue weighted by molar-refractivity contribution is 7.87. The molecule has 0 unspecified atom stereocenters. The molecule has 0 aromatic heterocycles. The summed E-state index contributed by atoms with van der Waals surface area (Å²) in [7, 11) is -3.25. The van der Waals surface area contributed by atoms with E-state index in [9.17, 15) is 8.42 Å². The summed E-state index contributed by atoms with van der Waals surface area (Å²) in [5, 5.41) is 3.43. The lowest BCUT2D eigenvalue weighted by atomic mass is 9.98. The molecule has 6 heteroatoms. The first-order chi connectivity index (χ1) is 10.1. The monoisotopic (exact) mass is 317 g/mol. The number of hydrogen-bond donors (Lipinski definition) is 2. The van der Waals surface area contributed by atoms with Gasteiger partial charge in [0.2, 0.25) is 0 Å². The van der Waals surface area contributed by atoms with Crippen LogP contribution in [0.3, 0.4) is 0 Å². The predicted molar refractivity (Wildman–Crippen MR) is 86.3 cm³/mol. The van der Waals surface area contributed by atoms with E-state index in [4.69, 9.17) is 0 Å². The second-order valence-corrected chi connectivity index (χ2v) is 8.29. The molecular formula is C15H31N3O2S. The van der Waals surface area contributed by atoms with Gasteiger partial charge in [0.05, 0.1) is 0 Å². The van der Waals surface area contributed by atoms with E-state index in [0.717, 1.165) is 44.7 Å². The Balaban J connectivity index is 1.62. The van der Waals surface area contributed by atoms with Gasteiger partial charge in [-0.15, -0.1) is 0 Å². The smallest absolute Gasteiger partial charge is 0.279 e. The van der Waals surface area contributed by atoms with Crippen LogP contribution in [0.25, 0.3) is 0 Å². The molecule has 2 aliphatic rings. The van der Waals surface area contributed by atoms with Crippen molar-refractivity contribution in [2.24, 2.45) is 11.8 Å². The minimum Gasteiger partial charge on any atom is -0.316 e. The summed E-state index contributed by atoms with van der Waals surface area (Å²) < 4.78 is 28.8. The molecular weight excluding hydrogens is 286 g/mol. The van der Waals surface area contributed by atoms with E-state index in [0.29, 0.717) is 25.6 Å². The first kappa shape index (κ1) is 17.2. The molecule has 2 rings (SSSR count). The Hall–Kier alpha value is -0.170. The highest BCUT2D eigenvalue weighted by Gasteiger charge is 2.27. The fourth-order valence-electron chi connectivity index (χ4n) is 2.93. The lowest BCUT2D eigenvalue weighted by Crippen LogP contribution is -2.46. The molecule has 0 aromatic rings. The Labute approximate surface area is 130 Å². The third-order valence-corrected chi connectivity index (χ3v) is 6.16. The number of hydrogen-bond acceptors (Lipinski definition) is 3. The van der Waals surface area contributed by atoms with Gasteiger partial charge in [-0.1, -0.05) is 19.8 Å². The molecule has 1 aliphatic heterocycles. The number of nitrogens with one attached hydrogen (secondary N) is 2. The number of nitrogens with zero attached hydrogens (tertiary/aromatic N) is 1. The molecule has 0 aromatic carbocycles.